The highest BCUT2D eigenvalue weighted by molar-refractivity contribution is 6.22. The highest BCUT2D eigenvalue weighted by atomic mass is 16.5. The Morgan fingerprint density at radius 1 is 1.04 bits per heavy atom. The van der Waals surface area contributed by atoms with Crippen LogP contribution in [0.15, 0.2) is 36.2 Å². The summed E-state index contributed by atoms with van der Waals surface area (Å²) in [6.45, 7) is 4.85. The maximum Gasteiger partial charge on any atom is 0.236 e. The zero-order valence-corrected chi connectivity index (χ0v) is 15.2. The first-order chi connectivity index (χ1) is 13.6. The number of carbonyl (C=O) groups excluding carboxylic acids is 2. The Balaban J connectivity index is 1.32. The third-order valence-electron chi connectivity index (χ3n) is 5.30. The van der Waals surface area contributed by atoms with Crippen LogP contribution >= 0.6 is 0 Å². The molecule has 144 valence electrons. The first kappa shape index (κ1) is 16.9. The summed E-state index contributed by atoms with van der Waals surface area (Å²) in [6.07, 6.45) is 3.13. The summed E-state index contributed by atoms with van der Waals surface area (Å²) in [4.78, 5) is 36.3. The molecule has 3 aliphatic rings. The van der Waals surface area contributed by atoms with Crippen LogP contribution in [0.5, 0.6) is 0 Å². The SMILES string of the molecule is O=C1C(N2CC2)=CC(=O)c2c1n[n+](O)n2CN1CCN(c2ccccn2)CC1. The average Bonchev–Trinajstić information content (AvgIpc) is 3.50. The van der Waals surface area contributed by atoms with Gasteiger partial charge in [-0.3, -0.25) is 14.5 Å². The molecular weight excluding hydrogens is 362 g/mol. The maximum absolute atomic E-state index is 12.6. The van der Waals surface area contributed by atoms with E-state index in [1.54, 1.807) is 6.20 Å². The van der Waals surface area contributed by atoms with Crippen molar-refractivity contribution in [2.24, 2.45) is 0 Å². The van der Waals surface area contributed by atoms with E-state index in [2.05, 4.69) is 19.9 Å². The van der Waals surface area contributed by atoms with Crippen molar-refractivity contribution in [1.82, 2.24) is 24.6 Å². The molecule has 0 spiro atoms. The summed E-state index contributed by atoms with van der Waals surface area (Å²) in [7, 11) is 0. The summed E-state index contributed by atoms with van der Waals surface area (Å²) in [5, 5.41) is 14.1. The van der Waals surface area contributed by atoms with E-state index in [9.17, 15) is 14.8 Å². The quantitative estimate of drug-likeness (QED) is 0.415. The van der Waals surface area contributed by atoms with Gasteiger partial charge in [-0.1, -0.05) is 10.7 Å². The lowest BCUT2D eigenvalue weighted by Gasteiger charge is -2.34. The molecule has 28 heavy (non-hydrogen) atoms. The Hall–Kier alpha value is -3.27. The van der Waals surface area contributed by atoms with Gasteiger partial charge in [-0.15, -0.1) is 0 Å². The van der Waals surface area contributed by atoms with Crippen molar-refractivity contribution in [3.05, 3.63) is 47.6 Å². The highest BCUT2D eigenvalue weighted by Crippen LogP contribution is 2.25. The van der Waals surface area contributed by atoms with Gasteiger partial charge in [-0.25, -0.2) is 10.2 Å². The number of allylic oxidation sites excluding steroid dienone is 2. The highest BCUT2D eigenvalue weighted by Gasteiger charge is 2.42. The Morgan fingerprint density at radius 3 is 2.46 bits per heavy atom. The van der Waals surface area contributed by atoms with Gasteiger partial charge in [0.15, 0.2) is 5.69 Å². The third kappa shape index (κ3) is 2.82. The van der Waals surface area contributed by atoms with E-state index in [0.717, 1.165) is 45.1 Å². The van der Waals surface area contributed by atoms with Crippen LogP contribution in [0.25, 0.3) is 0 Å². The van der Waals surface area contributed by atoms with Gasteiger partial charge in [0.2, 0.25) is 22.2 Å². The Kier molecular flexibility index (Phi) is 3.86. The summed E-state index contributed by atoms with van der Waals surface area (Å²) >= 11 is 0. The normalized spacial score (nSPS) is 19.6. The zero-order chi connectivity index (χ0) is 19.3. The maximum atomic E-state index is 12.6. The summed E-state index contributed by atoms with van der Waals surface area (Å²) in [5.41, 5.74) is 0.529. The van der Waals surface area contributed by atoms with Crippen molar-refractivity contribution < 1.29 is 19.8 Å². The summed E-state index contributed by atoms with van der Waals surface area (Å²) < 4.78 is 1.36. The lowest BCUT2D eigenvalue weighted by Crippen LogP contribution is -2.52. The van der Waals surface area contributed by atoms with Gasteiger partial charge in [0.05, 0.1) is 10.8 Å². The van der Waals surface area contributed by atoms with Gasteiger partial charge in [0.1, 0.15) is 12.5 Å². The largest absolute Gasteiger partial charge is 0.365 e. The number of rotatable bonds is 4. The molecule has 0 atom stereocenters. The standard InChI is InChI=1S/C18H20N7O3/c26-14-11-13(22-9-10-22)18(27)16-17(14)24(25(28)20-16)12-21-5-7-23(8-6-21)15-3-1-2-4-19-15/h1-4,11H,5-10,12H2,(H,20,28)/q+1. The molecule has 2 aliphatic heterocycles. The van der Waals surface area contributed by atoms with Crippen molar-refractivity contribution >= 4 is 17.4 Å². The monoisotopic (exact) mass is 382 g/mol. The van der Waals surface area contributed by atoms with Gasteiger partial charge < -0.3 is 9.80 Å². The number of nitrogens with zero attached hydrogens (tertiary/aromatic N) is 7. The van der Waals surface area contributed by atoms with Gasteiger partial charge in [0, 0.05) is 51.5 Å². The number of hydrogen-bond acceptors (Lipinski definition) is 8. The first-order valence-electron chi connectivity index (χ1n) is 9.28. The molecule has 2 saturated heterocycles. The van der Waals surface area contributed by atoms with Crippen LogP contribution in [0.2, 0.25) is 0 Å². The van der Waals surface area contributed by atoms with Crippen LogP contribution in [-0.2, 0) is 6.67 Å². The third-order valence-corrected chi connectivity index (χ3v) is 5.30. The van der Waals surface area contributed by atoms with E-state index in [-0.39, 0.29) is 29.6 Å². The van der Waals surface area contributed by atoms with Crippen molar-refractivity contribution in [3.63, 3.8) is 0 Å². The minimum Gasteiger partial charge on any atom is -0.365 e. The number of carbonyl (C=O) groups is 2. The molecule has 0 aromatic carbocycles. The average molecular weight is 382 g/mol. The summed E-state index contributed by atoms with van der Waals surface area (Å²) in [5.74, 6) is 0.324. The predicted octanol–water partition coefficient (Wildman–Crippen LogP) is -0.839. The molecule has 2 aromatic heterocycles. The number of fused-ring (bicyclic) bond motifs is 1. The molecule has 2 aromatic rings. The van der Waals surface area contributed by atoms with Gasteiger partial charge in [0.25, 0.3) is 0 Å². The second-order valence-electron chi connectivity index (χ2n) is 7.11. The van der Waals surface area contributed by atoms with Crippen LogP contribution < -0.4 is 9.86 Å². The molecule has 0 radical (unpaired) electrons. The van der Waals surface area contributed by atoms with Gasteiger partial charge in [-0.2, -0.15) is 0 Å². The molecule has 2 fully saturated rings. The van der Waals surface area contributed by atoms with Gasteiger partial charge in [-0.05, 0) is 12.1 Å². The van der Waals surface area contributed by atoms with E-state index in [1.165, 1.54) is 10.8 Å². The lowest BCUT2D eigenvalue weighted by molar-refractivity contribution is -1.01. The number of hydrogen-bond donors (Lipinski definition) is 1. The molecule has 10 heteroatoms. The van der Waals surface area contributed by atoms with Crippen LogP contribution in [0, 0.1) is 0 Å². The van der Waals surface area contributed by atoms with E-state index < -0.39 is 0 Å². The van der Waals surface area contributed by atoms with Crippen LogP contribution in [0.3, 0.4) is 0 Å². The van der Waals surface area contributed by atoms with Crippen molar-refractivity contribution in [2.45, 2.75) is 6.67 Å². The topological polar surface area (TPSA) is 98.5 Å². The minimum absolute atomic E-state index is 0.0176. The zero-order valence-electron chi connectivity index (χ0n) is 15.2. The number of anilines is 1. The van der Waals surface area contributed by atoms with E-state index >= 15 is 0 Å². The molecule has 10 nitrogen and oxygen atoms in total. The predicted molar refractivity (Wildman–Crippen MR) is 95.9 cm³/mol. The number of pyridine rings is 1. The number of piperazine rings is 1. The van der Waals surface area contributed by atoms with Crippen LogP contribution in [-0.4, -0.2) is 80.6 Å². The molecule has 5 rings (SSSR count). The Morgan fingerprint density at radius 2 is 1.79 bits per heavy atom. The van der Waals surface area contributed by atoms with E-state index in [1.807, 2.05) is 23.1 Å². The molecule has 0 saturated carbocycles. The second-order valence-corrected chi connectivity index (χ2v) is 7.11. The fourth-order valence-corrected chi connectivity index (χ4v) is 3.68. The van der Waals surface area contributed by atoms with Crippen LogP contribution in [0.4, 0.5) is 5.82 Å². The van der Waals surface area contributed by atoms with E-state index in [4.69, 9.17) is 0 Å². The summed E-state index contributed by atoms with van der Waals surface area (Å²) in [6, 6.07) is 5.83. The van der Waals surface area contributed by atoms with E-state index in [0.29, 0.717) is 10.7 Å². The molecule has 4 heterocycles. The fraction of sp³-hybridized carbons (Fsp3) is 0.389. The molecular formula is C18H20N7O3+. The molecule has 0 bridgehead atoms. The second kappa shape index (κ2) is 6.41. The molecule has 0 unspecified atom stereocenters. The molecule has 1 aliphatic carbocycles. The number of Topliss-reactive ketones (excluding diaryl/α,β-unsaturated/α-hetero) is 1. The van der Waals surface area contributed by atoms with Crippen molar-refractivity contribution in [3.8, 4) is 0 Å². The van der Waals surface area contributed by atoms with Crippen molar-refractivity contribution in [2.75, 3.05) is 44.2 Å². The van der Waals surface area contributed by atoms with Crippen LogP contribution in [0.1, 0.15) is 21.0 Å². The Labute approximate surface area is 160 Å². The lowest BCUT2D eigenvalue weighted by atomic mass is 10.0. The fourth-order valence-electron chi connectivity index (χ4n) is 3.68. The minimum atomic E-state index is -0.311. The Bertz CT molecular complexity index is 973. The van der Waals surface area contributed by atoms with Crippen molar-refractivity contribution in [1.29, 1.82) is 0 Å². The first-order valence-corrected chi connectivity index (χ1v) is 9.28. The molecule has 0 amide bonds. The number of ketones is 2. The molecule has 1 N–H and O–H groups in total. The number of aromatic nitrogens is 4. The smallest absolute Gasteiger partial charge is 0.236 e. The van der Waals surface area contributed by atoms with Gasteiger partial charge >= 0.3 is 0 Å².